The van der Waals surface area contributed by atoms with Crippen molar-refractivity contribution in [2.45, 2.75) is 17.7 Å². The molecule has 0 aliphatic heterocycles. The van der Waals surface area contributed by atoms with Crippen molar-refractivity contribution in [3.05, 3.63) is 108 Å². The van der Waals surface area contributed by atoms with Crippen LogP contribution in [-0.2, 0) is 14.6 Å². The van der Waals surface area contributed by atoms with Gasteiger partial charge in [-0.1, -0.05) is 67.6 Å². The van der Waals surface area contributed by atoms with Gasteiger partial charge in [0.2, 0.25) is 5.91 Å². The summed E-state index contributed by atoms with van der Waals surface area (Å²) in [4.78, 5) is 17.3. The highest BCUT2D eigenvalue weighted by Crippen LogP contribution is 2.35. The molecule has 0 aliphatic carbocycles. The summed E-state index contributed by atoms with van der Waals surface area (Å²) in [6.45, 7) is 1.59. The van der Waals surface area contributed by atoms with Crippen molar-refractivity contribution in [2.75, 3.05) is 5.75 Å². The van der Waals surface area contributed by atoms with E-state index < -0.39 is 21.7 Å². The highest BCUT2D eigenvalue weighted by Gasteiger charge is 2.24. The van der Waals surface area contributed by atoms with Crippen molar-refractivity contribution in [3.8, 4) is 22.8 Å². The van der Waals surface area contributed by atoms with Crippen molar-refractivity contribution >= 4 is 15.7 Å². The lowest BCUT2D eigenvalue weighted by molar-refractivity contribution is -0.118. The average molecular weight is 473 g/mol. The SMILES string of the molecule is CCS(=O)(=O)c1ccc(C(C(N)=O)c2cnc(-c3ccccc3)c(Oc3ccccc3)c2)cc1. The Hall–Kier alpha value is -3.97. The second-order valence-electron chi connectivity index (χ2n) is 7.70. The maximum Gasteiger partial charge on any atom is 0.229 e. The van der Waals surface area contributed by atoms with Crippen molar-refractivity contribution < 1.29 is 17.9 Å². The standard InChI is InChI=1S/C27H24N2O4S/c1-2-34(31,32)23-15-13-19(14-16-23)25(27(28)30)21-17-24(33-22-11-7-4-8-12-22)26(29-18-21)20-9-5-3-6-10-20/h3-18,25H,2H2,1H3,(H2,28,30). The molecule has 3 aromatic carbocycles. The van der Waals surface area contributed by atoms with Crippen LogP contribution in [-0.4, -0.2) is 25.1 Å². The van der Waals surface area contributed by atoms with E-state index in [1.165, 1.54) is 12.1 Å². The van der Waals surface area contributed by atoms with Gasteiger partial charge in [-0.15, -0.1) is 0 Å². The number of benzene rings is 3. The summed E-state index contributed by atoms with van der Waals surface area (Å²) in [5.74, 6) is -0.300. The Morgan fingerprint density at radius 2 is 1.53 bits per heavy atom. The number of sulfone groups is 1. The quantitative estimate of drug-likeness (QED) is 0.391. The van der Waals surface area contributed by atoms with Crippen LogP contribution in [0.1, 0.15) is 24.0 Å². The number of nitrogens with zero attached hydrogens (tertiary/aromatic N) is 1. The first kappa shape index (κ1) is 23.2. The largest absolute Gasteiger partial charge is 0.455 e. The van der Waals surface area contributed by atoms with Crippen LogP contribution in [0.3, 0.4) is 0 Å². The Kier molecular flexibility index (Phi) is 6.75. The van der Waals surface area contributed by atoms with E-state index in [0.717, 1.165) is 5.56 Å². The molecule has 0 aliphatic rings. The van der Waals surface area contributed by atoms with E-state index in [2.05, 4.69) is 4.98 Å². The fraction of sp³-hybridized carbons (Fsp3) is 0.111. The number of aromatic nitrogens is 1. The molecule has 4 rings (SSSR count). The van der Waals surface area contributed by atoms with Crippen LogP contribution < -0.4 is 10.5 Å². The Balaban J connectivity index is 1.79. The normalized spacial score (nSPS) is 12.1. The summed E-state index contributed by atoms with van der Waals surface area (Å²) >= 11 is 0. The van der Waals surface area contributed by atoms with Gasteiger partial charge in [-0.25, -0.2) is 8.42 Å². The van der Waals surface area contributed by atoms with E-state index in [1.54, 1.807) is 31.3 Å². The van der Waals surface area contributed by atoms with Gasteiger partial charge in [0, 0.05) is 11.8 Å². The molecular formula is C27H24N2O4S. The number of carbonyl (C=O) groups is 1. The first-order valence-electron chi connectivity index (χ1n) is 10.8. The number of ether oxygens (including phenoxy) is 1. The van der Waals surface area contributed by atoms with Crippen LogP contribution >= 0.6 is 0 Å². The molecule has 1 amide bonds. The summed E-state index contributed by atoms with van der Waals surface area (Å²) in [7, 11) is -3.35. The molecule has 0 saturated heterocycles. The van der Waals surface area contributed by atoms with Crippen molar-refractivity contribution in [2.24, 2.45) is 5.73 Å². The molecule has 1 unspecified atom stereocenters. The highest BCUT2D eigenvalue weighted by atomic mass is 32.2. The second kappa shape index (κ2) is 9.89. The lowest BCUT2D eigenvalue weighted by atomic mass is 9.91. The van der Waals surface area contributed by atoms with E-state index in [1.807, 2.05) is 60.7 Å². The minimum Gasteiger partial charge on any atom is -0.455 e. The Bertz CT molecular complexity index is 1390. The fourth-order valence-electron chi connectivity index (χ4n) is 3.68. The van der Waals surface area contributed by atoms with Crippen molar-refractivity contribution in [3.63, 3.8) is 0 Å². The summed E-state index contributed by atoms with van der Waals surface area (Å²) in [5, 5.41) is 0. The molecular weight excluding hydrogens is 448 g/mol. The average Bonchev–Trinajstić information content (AvgIpc) is 2.86. The van der Waals surface area contributed by atoms with Gasteiger partial charge in [0.05, 0.1) is 16.6 Å². The van der Waals surface area contributed by atoms with Gasteiger partial charge >= 0.3 is 0 Å². The predicted octanol–water partition coefficient (Wildman–Crippen LogP) is 4.95. The molecule has 0 saturated carbocycles. The van der Waals surface area contributed by atoms with E-state index in [9.17, 15) is 13.2 Å². The molecule has 7 heteroatoms. The van der Waals surface area contributed by atoms with Gasteiger partial charge in [0.15, 0.2) is 15.6 Å². The number of nitrogens with two attached hydrogens (primary N) is 1. The van der Waals surface area contributed by atoms with Gasteiger partial charge < -0.3 is 10.5 Å². The highest BCUT2D eigenvalue weighted by molar-refractivity contribution is 7.91. The fourth-order valence-corrected chi connectivity index (χ4v) is 4.56. The molecule has 0 radical (unpaired) electrons. The zero-order valence-corrected chi connectivity index (χ0v) is 19.4. The van der Waals surface area contributed by atoms with Crippen LogP contribution in [0.25, 0.3) is 11.3 Å². The van der Waals surface area contributed by atoms with Gasteiger partial charge in [0.1, 0.15) is 11.4 Å². The third kappa shape index (κ3) is 5.00. The zero-order chi connectivity index (χ0) is 24.1. The molecule has 1 atom stereocenters. The smallest absolute Gasteiger partial charge is 0.229 e. The topological polar surface area (TPSA) is 99.3 Å². The summed E-state index contributed by atoms with van der Waals surface area (Å²) in [6, 6.07) is 26.9. The minimum absolute atomic E-state index is 0.00333. The first-order chi connectivity index (χ1) is 16.4. The lowest BCUT2D eigenvalue weighted by Gasteiger charge is -2.18. The maximum absolute atomic E-state index is 12.5. The van der Waals surface area contributed by atoms with Crippen molar-refractivity contribution in [1.29, 1.82) is 0 Å². The number of pyridine rings is 1. The minimum atomic E-state index is -3.35. The molecule has 0 spiro atoms. The first-order valence-corrected chi connectivity index (χ1v) is 12.4. The predicted molar refractivity (Wildman–Crippen MR) is 131 cm³/mol. The number of primary amides is 1. The number of hydrogen-bond acceptors (Lipinski definition) is 5. The molecule has 0 bridgehead atoms. The Labute approximate surface area is 199 Å². The van der Waals surface area contributed by atoms with Crippen LogP contribution in [0.5, 0.6) is 11.5 Å². The van der Waals surface area contributed by atoms with Crippen molar-refractivity contribution in [1.82, 2.24) is 4.98 Å². The maximum atomic E-state index is 12.5. The van der Waals surface area contributed by atoms with E-state index in [4.69, 9.17) is 10.5 Å². The van der Waals surface area contributed by atoms with Gasteiger partial charge in [-0.3, -0.25) is 9.78 Å². The molecule has 34 heavy (non-hydrogen) atoms. The Morgan fingerprint density at radius 3 is 2.12 bits per heavy atom. The molecule has 2 N–H and O–H groups in total. The third-order valence-corrected chi connectivity index (χ3v) is 7.21. The number of amides is 1. The lowest BCUT2D eigenvalue weighted by Crippen LogP contribution is -2.22. The molecule has 6 nitrogen and oxygen atoms in total. The molecule has 172 valence electrons. The summed E-state index contributed by atoms with van der Waals surface area (Å²) in [6.07, 6.45) is 1.60. The number of para-hydroxylation sites is 1. The zero-order valence-electron chi connectivity index (χ0n) is 18.6. The summed E-state index contributed by atoms with van der Waals surface area (Å²) in [5.41, 5.74) is 8.39. The van der Waals surface area contributed by atoms with E-state index in [-0.39, 0.29) is 10.6 Å². The van der Waals surface area contributed by atoms with Crippen LogP contribution in [0.15, 0.2) is 102 Å². The van der Waals surface area contributed by atoms with Crippen LogP contribution in [0, 0.1) is 0 Å². The van der Waals surface area contributed by atoms with Gasteiger partial charge in [0.25, 0.3) is 0 Å². The van der Waals surface area contributed by atoms with Crippen LogP contribution in [0.4, 0.5) is 0 Å². The molecule has 4 aromatic rings. The summed E-state index contributed by atoms with van der Waals surface area (Å²) < 4.78 is 30.5. The number of rotatable bonds is 8. The monoisotopic (exact) mass is 472 g/mol. The van der Waals surface area contributed by atoms with Crippen LogP contribution in [0.2, 0.25) is 0 Å². The van der Waals surface area contributed by atoms with Gasteiger partial charge in [-0.2, -0.15) is 0 Å². The van der Waals surface area contributed by atoms with Gasteiger partial charge in [-0.05, 0) is 41.5 Å². The molecule has 1 heterocycles. The van der Waals surface area contributed by atoms with E-state index >= 15 is 0 Å². The number of hydrogen-bond donors (Lipinski definition) is 1. The number of carbonyl (C=O) groups excluding carboxylic acids is 1. The molecule has 1 aromatic heterocycles. The molecule has 0 fully saturated rings. The van der Waals surface area contributed by atoms with E-state index in [0.29, 0.717) is 28.3 Å². The Morgan fingerprint density at radius 1 is 0.912 bits per heavy atom. The second-order valence-corrected chi connectivity index (χ2v) is 9.98. The third-order valence-electron chi connectivity index (χ3n) is 5.46.